The molecule has 0 aliphatic rings. The van der Waals surface area contributed by atoms with Crippen LogP contribution in [0.15, 0.2) is 47.4 Å². The number of rotatable bonds is 3. The molecule has 0 aliphatic heterocycles. The maximum Gasteiger partial charge on any atom is 0.446 e. The van der Waals surface area contributed by atoms with E-state index < -0.39 is 11.4 Å². The molecule has 0 atom stereocenters. The maximum absolute atomic E-state index is 12.3. The van der Waals surface area contributed by atoms with E-state index >= 15 is 0 Å². The van der Waals surface area contributed by atoms with Crippen molar-refractivity contribution in [3.05, 3.63) is 58.1 Å². The molecule has 8 heteroatoms. The van der Waals surface area contributed by atoms with Gasteiger partial charge in [0.25, 0.3) is 5.91 Å². The van der Waals surface area contributed by atoms with Crippen LogP contribution in [-0.2, 0) is 0 Å². The summed E-state index contributed by atoms with van der Waals surface area (Å²) in [6, 6.07) is 9.80. The number of nitrogens with one attached hydrogen (secondary N) is 1. The molecule has 0 radical (unpaired) electrons. The van der Waals surface area contributed by atoms with E-state index in [4.69, 9.17) is 23.2 Å². The summed E-state index contributed by atoms with van der Waals surface area (Å²) < 4.78 is 37.0. The zero-order valence-corrected chi connectivity index (χ0v) is 13.1. The van der Waals surface area contributed by atoms with E-state index in [2.05, 4.69) is 5.32 Å². The standard InChI is InChI=1S/C14H8Cl2F3NOS/c15-8-4-5-11(12(16)6-8)13(21)20-9-2-1-3-10(7-9)22-14(17,18)19/h1-7H,(H,20,21). The maximum atomic E-state index is 12.3. The van der Waals surface area contributed by atoms with Gasteiger partial charge in [-0.25, -0.2) is 0 Å². The molecule has 116 valence electrons. The minimum absolute atomic E-state index is 0.0208. The molecule has 1 N–H and O–H groups in total. The van der Waals surface area contributed by atoms with Crippen LogP contribution in [0, 0.1) is 0 Å². The Morgan fingerprint density at radius 3 is 2.45 bits per heavy atom. The lowest BCUT2D eigenvalue weighted by Gasteiger charge is -2.09. The summed E-state index contributed by atoms with van der Waals surface area (Å²) in [5.41, 5.74) is -3.97. The molecular weight excluding hydrogens is 358 g/mol. The highest BCUT2D eigenvalue weighted by Crippen LogP contribution is 2.37. The summed E-state index contributed by atoms with van der Waals surface area (Å²) in [5, 5.41) is 3.04. The molecule has 2 aromatic rings. The van der Waals surface area contributed by atoms with Gasteiger partial charge in [-0.15, -0.1) is 0 Å². The van der Waals surface area contributed by atoms with Gasteiger partial charge >= 0.3 is 5.51 Å². The molecule has 0 fully saturated rings. The van der Waals surface area contributed by atoms with Crippen LogP contribution in [0.25, 0.3) is 0 Å². The van der Waals surface area contributed by atoms with Crippen molar-refractivity contribution in [1.29, 1.82) is 0 Å². The Bertz CT molecular complexity index is 707. The van der Waals surface area contributed by atoms with E-state index in [0.717, 1.165) is 0 Å². The third-order valence-electron chi connectivity index (χ3n) is 2.50. The third kappa shape index (κ3) is 4.83. The number of carbonyl (C=O) groups is 1. The summed E-state index contributed by atoms with van der Waals surface area (Å²) in [6.07, 6.45) is 0. The molecule has 0 unspecified atom stereocenters. The van der Waals surface area contributed by atoms with Crippen LogP contribution in [0.4, 0.5) is 18.9 Å². The minimum atomic E-state index is -4.39. The number of alkyl halides is 3. The SMILES string of the molecule is O=C(Nc1cccc(SC(F)(F)F)c1)c1ccc(Cl)cc1Cl. The Labute approximate surface area is 138 Å². The average molecular weight is 366 g/mol. The summed E-state index contributed by atoms with van der Waals surface area (Å²) in [4.78, 5) is 12.1. The fourth-order valence-electron chi connectivity index (χ4n) is 1.64. The number of hydrogen-bond acceptors (Lipinski definition) is 2. The van der Waals surface area contributed by atoms with Gasteiger partial charge in [-0.2, -0.15) is 13.2 Å². The van der Waals surface area contributed by atoms with Gasteiger partial charge in [0.05, 0.1) is 10.6 Å². The fraction of sp³-hybridized carbons (Fsp3) is 0.0714. The number of benzene rings is 2. The molecule has 0 bridgehead atoms. The number of anilines is 1. The van der Waals surface area contributed by atoms with Crippen molar-refractivity contribution in [2.45, 2.75) is 10.4 Å². The minimum Gasteiger partial charge on any atom is -0.322 e. The van der Waals surface area contributed by atoms with Crippen molar-refractivity contribution < 1.29 is 18.0 Å². The molecule has 0 aromatic heterocycles. The lowest BCUT2D eigenvalue weighted by Crippen LogP contribution is -2.12. The van der Waals surface area contributed by atoms with Crippen molar-refractivity contribution in [3.8, 4) is 0 Å². The zero-order valence-electron chi connectivity index (χ0n) is 10.7. The first-order chi connectivity index (χ1) is 10.2. The summed E-state index contributed by atoms with van der Waals surface area (Å²) in [5.74, 6) is -0.532. The second kappa shape index (κ2) is 6.81. The van der Waals surface area contributed by atoms with E-state index in [9.17, 15) is 18.0 Å². The molecular formula is C14H8Cl2F3NOS. The van der Waals surface area contributed by atoms with Crippen molar-refractivity contribution >= 4 is 46.6 Å². The molecule has 0 saturated carbocycles. The van der Waals surface area contributed by atoms with Crippen molar-refractivity contribution in [3.63, 3.8) is 0 Å². The van der Waals surface area contributed by atoms with E-state index in [1.54, 1.807) is 0 Å². The molecule has 0 spiro atoms. The van der Waals surface area contributed by atoms with E-state index in [0.29, 0.717) is 5.02 Å². The number of thioether (sulfide) groups is 1. The van der Waals surface area contributed by atoms with Crippen LogP contribution >= 0.6 is 35.0 Å². The summed E-state index contributed by atoms with van der Waals surface area (Å²) in [7, 11) is 0. The number of amides is 1. The van der Waals surface area contributed by atoms with E-state index in [1.807, 2.05) is 0 Å². The summed E-state index contributed by atoms with van der Waals surface area (Å²) in [6.45, 7) is 0. The van der Waals surface area contributed by atoms with Crippen LogP contribution in [0.5, 0.6) is 0 Å². The van der Waals surface area contributed by atoms with Gasteiger partial charge < -0.3 is 5.32 Å². The molecule has 2 rings (SSSR count). The van der Waals surface area contributed by atoms with Crippen molar-refractivity contribution in [1.82, 2.24) is 0 Å². The topological polar surface area (TPSA) is 29.1 Å². The first kappa shape index (κ1) is 17.0. The second-order valence-electron chi connectivity index (χ2n) is 4.15. The van der Waals surface area contributed by atoms with Crippen molar-refractivity contribution in [2.75, 3.05) is 5.32 Å². The van der Waals surface area contributed by atoms with Gasteiger partial charge in [0.2, 0.25) is 0 Å². The Morgan fingerprint density at radius 2 is 1.82 bits per heavy atom. The summed E-state index contributed by atoms with van der Waals surface area (Å²) >= 11 is 11.4. The molecule has 0 heterocycles. The molecule has 0 aliphatic carbocycles. The molecule has 1 amide bonds. The zero-order chi connectivity index (χ0) is 16.3. The number of carbonyl (C=O) groups excluding carboxylic acids is 1. The highest BCUT2D eigenvalue weighted by Gasteiger charge is 2.29. The van der Waals surface area contributed by atoms with Crippen LogP contribution in [0.1, 0.15) is 10.4 Å². The third-order valence-corrected chi connectivity index (χ3v) is 3.77. The molecule has 22 heavy (non-hydrogen) atoms. The van der Waals surface area contributed by atoms with Gasteiger partial charge in [-0.3, -0.25) is 4.79 Å². The van der Waals surface area contributed by atoms with Crippen LogP contribution in [0.3, 0.4) is 0 Å². The van der Waals surface area contributed by atoms with Crippen LogP contribution < -0.4 is 5.32 Å². The van der Waals surface area contributed by atoms with Gasteiger partial charge in [-0.05, 0) is 48.2 Å². The first-order valence-corrected chi connectivity index (χ1v) is 7.44. The number of halogens is 5. The van der Waals surface area contributed by atoms with Gasteiger partial charge in [-0.1, -0.05) is 29.3 Å². The van der Waals surface area contributed by atoms with E-state index in [-0.39, 0.29) is 32.9 Å². The monoisotopic (exact) mass is 365 g/mol. The quantitative estimate of drug-likeness (QED) is 0.690. The Hall–Kier alpha value is -1.37. The normalized spacial score (nSPS) is 11.3. The highest BCUT2D eigenvalue weighted by molar-refractivity contribution is 8.00. The largest absolute Gasteiger partial charge is 0.446 e. The van der Waals surface area contributed by atoms with Crippen LogP contribution in [0.2, 0.25) is 10.0 Å². The predicted octanol–water partition coefficient (Wildman–Crippen LogP) is 5.86. The fourth-order valence-corrected chi connectivity index (χ4v) is 2.74. The molecule has 2 aromatic carbocycles. The Morgan fingerprint density at radius 1 is 1.09 bits per heavy atom. The Balaban J connectivity index is 2.16. The van der Waals surface area contributed by atoms with Crippen molar-refractivity contribution in [2.24, 2.45) is 0 Å². The molecule has 2 nitrogen and oxygen atoms in total. The Kier molecular flexibility index (Phi) is 5.26. The second-order valence-corrected chi connectivity index (χ2v) is 6.14. The van der Waals surface area contributed by atoms with Gasteiger partial charge in [0.15, 0.2) is 0 Å². The van der Waals surface area contributed by atoms with E-state index in [1.165, 1.54) is 42.5 Å². The highest BCUT2D eigenvalue weighted by atomic mass is 35.5. The lowest BCUT2D eigenvalue weighted by atomic mass is 10.2. The average Bonchev–Trinajstić information content (AvgIpc) is 2.36. The number of hydrogen-bond donors (Lipinski definition) is 1. The predicted molar refractivity (Wildman–Crippen MR) is 82.8 cm³/mol. The lowest BCUT2D eigenvalue weighted by molar-refractivity contribution is -0.0328. The van der Waals surface area contributed by atoms with Gasteiger partial charge in [0, 0.05) is 15.6 Å². The van der Waals surface area contributed by atoms with Gasteiger partial charge in [0.1, 0.15) is 0 Å². The smallest absolute Gasteiger partial charge is 0.322 e. The first-order valence-electron chi connectivity index (χ1n) is 5.87. The van der Waals surface area contributed by atoms with Crippen LogP contribution in [-0.4, -0.2) is 11.4 Å². The molecule has 0 saturated heterocycles.